The van der Waals surface area contributed by atoms with E-state index in [-0.39, 0.29) is 0 Å². The van der Waals surface area contributed by atoms with E-state index in [9.17, 15) is 0 Å². The minimum Gasteiger partial charge on any atom is -0.497 e. The number of hydrogen-bond acceptors (Lipinski definition) is 2. The minimum absolute atomic E-state index is 0.810. The molecule has 1 heterocycles. The topological polar surface area (TPSA) is 27.3 Å². The molecule has 2 N–H and O–H groups in total. The Balaban J connectivity index is 1.55. The van der Waals surface area contributed by atoms with Crippen molar-refractivity contribution in [1.29, 1.82) is 0 Å². The lowest BCUT2D eigenvalue weighted by molar-refractivity contribution is -1.00. The molecule has 112 valence electrons. The number of hydrogen-bond donors (Lipinski definition) is 2. The van der Waals surface area contributed by atoms with Crippen molar-refractivity contribution < 1.29 is 19.3 Å². The maximum Gasteiger partial charge on any atom is 0.127 e. The third kappa shape index (κ3) is 5.02. The average molecular weight is 280 g/mol. The SMILES string of the molecule is COc1ccc(OCCCC[NH+]2CC[NH+](C)CC2)cc1. The maximum atomic E-state index is 5.74. The number of likely N-dealkylation sites (N-methyl/N-ethyl adjacent to an activating group) is 1. The van der Waals surface area contributed by atoms with Gasteiger partial charge in [-0.1, -0.05) is 0 Å². The fourth-order valence-electron chi connectivity index (χ4n) is 2.62. The van der Waals surface area contributed by atoms with Crippen LogP contribution in [-0.4, -0.2) is 53.5 Å². The molecule has 1 aromatic carbocycles. The average Bonchev–Trinajstić information content (AvgIpc) is 2.49. The van der Waals surface area contributed by atoms with E-state index < -0.39 is 0 Å². The van der Waals surface area contributed by atoms with Gasteiger partial charge in [0, 0.05) is 0 Å². The lowest BCUT2D eigenvalue weighted by atomic mass is 10.2. The molecule has 1 aliphatic rings. The molecule has 20 heavy (non-hydrogen) atoms. The molecule has 0 bridgehead atoms. The van der Waals surface area contributed by atoms with Crippen molar-refractivity contribution in [3.05, 3.63) is 24.3 Å². The monoisotopic (exact) mass is 280 g/mol. The van der Waals surface area contributed by atoms with Crippen LogP contribution >= 0.6 is 0 Å². The summed E-state index contributed by atoms with van der Waals surface area (Å²) in [4.78, 5) is 3.44. The number of piperazine rings is 1. The van der Waals surface area contributed by atoms with Crippen LogP contribution in [0.25, 0.3) is 0 Å². The first-order valence-corrected chi connectivity index (χ1v) is 7.69. The smallest absolute Gasteiger partial charge is 0.127 e. The van der Waals surface area contributed by atoms with Gasteiger partial charge in [-0.2, -0.15) is 0 Å². The Morgan fingerprint density at radius 1 is 0.950 bits per heavy atom. The van der Waals surface area contributed by atoms with E-state index in [0.29, 0.717) is 0 Å². The van der Waals surface area contributed by atoms with Gasteiger partial charge in [-0.25, -0.2) is 0 Å². The van der Waals surface area contributed by atoms with Crippen LogP contribution in [0.2, 0.25) is 0 Å². The Labute approximate surface area is 122 Å². The Hall–Kier alpha value is -1.26. The van der Waals surface area contributed by atoms with Crippen molar-refractivity contribution in [2.45, 2.75) is 12.8 Å². The predicted octanol–water partition coefficient (Wildman–Crippen LogP) is -0.733. The summed E-state index contributed by atoms with van der Waals surface area (Å²) in [5, 5.41) is 0. The molecule has 0 aliphatic carbocycles. The van der Waals surface area contributed by atoms with Gasteiger partial charge in [0.2, 0.25) is 0 Å². The molecular weight excluding hydrogens is 252 g/mol. The van der Waals surface area contributed by atoms with E-state index in [1.165, 1.54) is 39.1 Å². The van der Waals surface area contributed by atoms with Crippen LogP contribution in [0.1, 0.15) is 12.8 Å². The fraction of sp³-hybridized carbons (Fsp3) is 0.625. The summed E-state index contributed by atoms with van der Waals surface area (Å²) in [5.41, 5.74) is 0. The predicted molar refractivity (Wildman–Crippen MR) is 79.9 cm³/mol. The number of nitrogens with one attached hydrogen (secondary N) is 2. The molecule has 0 atom stereocenters. The Bertz CT molecular complexity index is 373. The van der Waals surface area contributed by atoms with Crippen molar-refractivity contribution in [3.8, 4) is 11.5 Å². The first-order valence-electron chi connectivity index (χ1n) is 7.69. The zero-order chi connectivity index (χ0) is 14.2. The van der Waals surface area contributed by atoms with Gasteiger partial charge in [0.05, 0.1) is 27.3 Å². The highest BCUT2D eigenvalue weighted by atomic mass is 16.5. The molecule has 0 unspecified atom stereocenters. The van der Waals surface area contributed by atoms with Crippen LogP contribution < -0.4 is 19.3 Å². The highest BCUT2D eigenvalue weighted by molar-refractivity contribution is 5.31. The zero-order valence-corrected chi connectivity index (χ0v) is 12.8. The number of ether oxygens (including phenoxy) is 2. The summed E-state index contributed by atoms with van der Waals surface area (Å²) in [5.74, 6) is 1.81. The molecule has 0 saturated carbocycles. The lowest BCUT2D eigenvalue weighted by Gasteiger charge is -2.27. The summed E-state index contributed by atoms with van der Waals surface area (Å²) in [6.07, 6.45) is 2.39. The third-order valence-electron chi connectivity index (χ3n) is 4.06. The molecule has 4 heteroatoms. The molecule has 1 aromatic rings. The molecule has 0 amide bonds. The summed E-state index contributed by atoms with van der Waals surface area (Å²) < 4.78 is 10.9. The Kier molecular flexibility index (Phi) is 6.15. The van der Waals surface area contributed by atoms with Crippen LogP contribution in [0.3, 0.4) is 0 Å². The van der Waals surface area contributed by atoms with Gasteiger partial charge in [0.1, 0.15) is 37.7 Å². The standard InChI is InChI=1S/C16H26N2O2/c1-17-10-12-18(13-11-17)9-3-4-14-20-16-7-5-15(19-2)6-8-16/h5-8H,3-4,9-14H2,1-2H3/p+2. The third-order valence-corrected chi connectivity index (χ3v) is 4.06. The van der Waals surface area contributed by atoms with E-state index in [1.807, 2.05) is 24.3 Å². The summed E-state index contributed by atoms with van der Waals surface area (Å²) in [6.45, 7) is 7.38. The fourth-order valence-corrected chi connectivity index (χ4v) is 2.62. The Morgan fingerprint density at radius 2 is 1.60 bits per heavy atom. The zero-order valence-electron chi connectivity index (χ0n) is 12.8. The normalized spacial score (nSPS) is 22.5. The van der Waals surface area contributed by atoms with Crippen molar-refractivity contribution in [1.82, 2.24) is 0 Å². The molecule has 1 fully saturated rings. The van der Waals surface area contributed by atoms with Crippen molar-refractivity contribution in [3.63, 3.8) is 0 Å². The number of benzene rings is 1. The van der Waals surface area contributed by atoms with Crippen molar-refractivity contribution in [2.24, 2.45) is 0 Å². The molecule has 0 spiro atoms. The Morgan fingerprint density at radius 3 is 2.25 bits per heavy atom. The van der Waals surface area contributed by atoms with Crippen LogP contribution in [0, 0.1) is 0 Å². The van der Waals surface area contributed by atoms with Crippen LogP contribution in [0.4, 0.5) is 0 Å². The number of unbranched alkanes of at least 4 members (excludes halogenated alkanes) is 1. The summed E-state index contributed by atoms with van der Waals surface area (Å²) in [7, 11) is 3.97. The van der Waals surface area contributed by atoms with E-state index >= 15 is 0 Å². The number of methoxy groups -OCH3 is 1. The lowest BCUT2D eigenvalue weighted by Crippen LogP contribution is -3.27. The molecule has 0 radical (unpaired) electrons. The van der Waals surface area contributed by atoms with Gasteiger partial charge in [-0.15, -0.1) is 0 Å². The van der Waals surface area contributed by atoms with E-state index in [2.05, 4.69) is 7.05 Å². The van der Waals surface area contributed by atoms with Gasteiger partial charge in [-0.05, 0) is 37.1 Å². The van der Waals surface area contributed by atoms with Crippen LogP contribution in [0.15, 0.2) is 24.3 Å². The van der Waals surface area contributed by atoms with Crippen LogP contribution in [0.5, 0.6) is 11.5 Å². The van der Waals surface area contributed by atoms with Gasteiger partial charge >= 0.3 is 0 Å². The second kappa shape index (κ2) is 8.12. The highest BCUT2D eigenvalue weighted by Gasteiger charge is 2.18. The first kappa shape index (κ1) is 15.1. The second-order valence-electron chi connectivity index (χ2n) is 5.69. The van der Waals surface area contributed by atoms with Crippen molar-refractivity contribution in [2.75, 3.05) is 53.5 Å². The highest BCUT2D eigenvalue weighted by Crippen LogP contribution is 2.17. The summed E-state index contributed by atoms with van der Waals surface area (Å²) in [6, 6.07) is 7.80. The van der Waals surface area contributed by atoms with Gasteiger partial charge in [0.15, 0.2) is 0 Å². The molecule has 0 aromatic heterocycles. The van der Waals surface area contributed by atoms with Gasteiger partial charge in [-0.3, -0.25) is 0 Å². The van der Waals surface area contributed by atoms with Gasteiger partial charge in [0.25, 0.3) is 0 Å². The minimum atomic E-state index is 0.810. The maximum absolute atomic E-state index is 5.74. The first-order chi connectivity index (χ1) is 9.78. The molecule has 1 saturated heterocycles. The van der Waals surface area contributed by atoms with E-state index in [4.69, 9.17) is 9.47 Å². The molecule has 1 aliphatic heterocycles. The molecule has 2 rings (SSSR count). The second-order valence-corrected chi connectivity index (χ2v) is 5.69. The molecule has 4 nitrogen and oxygen atoms in total. The van der Waals surface area contributed by atoms with Gasteiger partial charge < -0.3 is 19.3 Å². The van der Waals surface area contributed by atoms with Crippen LogP contribution in [-0.2, 0) is 0 Å². The summed E-state index contributed by atoms with van der Waals surface area (Å²) >= 11 is 0. The quantitative estimate of drug-likeness (QED) is 0.644. The van der Waals surface area contributed by atoms with E-state index in [0.717, 1.165) is 24.5 Å². The largest absolute Gasteiger partial charge is 0.497 e. The number of quaternary nitrogens is 2. The molecular formula is C16H28N2O2+2. The van der Waals surface area contributed by atoms with E-state index in [1.54, 1.807) is 16.9 Å². The van der Waals surface area contributed by atoms with Crippen molar-refractivity contribution >= 4 is 0 Å². The number of rotatable bonds is 7.